The Morgan fingerprint density at radius 1 is 1.00 bits per heavy atom. The third-order valence-electron chi connectivity index (χ3n) is 3.18. The van der Waals surface area contributed by atoms with Crippen LogP contribution in [0.15, 0.2) is 36.4 Å². The van der Waals surface area contributed by atoms with Gasteiger partial charge in [0.15, 0.2) is 23.1 Å². The molecule has 0 aliphatic carbocycles. The van der Waals surface area contributed by atoms with E-state index in [4.69, 9.17) is 14.2 Å². The lowest BCUT2D eigenvalue weighted by Crippen LogP contribution is -2.28. The highest BCUT2D eigenvalue weighted by Crippen LogP contribution is 2.27. The zero-order valence-corrected chi connectivity index (χ0v) is 13.3. The standard InChI is InChI=1S/C17H17F2NO4/c1-22-15-5-3-11(9-16(15)23-2)17(21)20-7-8-24-14-6-4-12(18)10-13(14)19/h3-6,9-10H,7-8H2,1-2H3,(H,20,21). The van der Waals surface area contributed by atoms with Crippen LogP contribution in [0, 0.1) is 11.6 Å². The van der Waals surface area contributed by atoms with E-state index in [0.717, 1.165) is 12.1 Å². The molecular formula is C17H17F2NO4. The van der Waals surface area contributed by atoms with E-state index in [1.54, 1.807) is 18.2 Å². The summed E-state index contributed by atoms with van der Waals surface area (Å²) >= 11 is 0. The number of halogens is 2. The molecule has 5 nitrogen and oxygen atoms in total. The molecule has 1 N–H and O–H groups in total. The quantitative estimate of drug-likeness (QED) is 0.790. The van der Waals surface area contributed by atoms with Crippen molar-refractivity contribution in [1.82, 2.24) is 5.32 Å². The summed E-state index contributed by atoms with van der Waals surface area (Å²) in [7, 11) is 2.98. The fourth-order valence-corrected chi connectivity index (χ4v) is 2.00. The Morgan fingerprint density at radius 2 is 1.71 bits per heavy atom. The molecule has 0 fully saturated rings. The molecule has 0 saturated heterocycles. The third-order valence-corrected chi connectivity index (χ3v) is 3.18. The second-order valence-electron chi connectivity index (χ2n) is 4.75. The first kappa shape index (κ1) is 17.5. The van der Waals surface area contributed by atoms with Crippen LogP contribution >= 0.6 is 0 Å². The number of hydrogen-bond donors (Lipinski definition) is 1. The Hall–Kier alpha value is -2.83. The zero-order chi connectivity index (χ0) is 17.5. The number of benzene rings is 2. The van der Waals surface area contributed by atoms with Crippen LogP contribution in [0.4, 0.5) is 8.78 Å². The lowest BCUT2D eigenvalue weighted by molar-refractivity contribution is 0.0946. The van der Waals surface area contributed by atoms with E-state index in [1.165, 1.54) is 20.3 Å². The predicted octanol–water partition coefficient (Wildman–Crippen LogP) is 2.79. The molecule has 0 aliphatic rings. The molecule has 1 amide bonds. The van der Waals surface area contributed by atoms with Gasteiger partial charge in [0.05, 0.1) is 20.8 Å². The molecule has 24 heavy (non-hydrogen) atoms. The maximum atomic E-state index is 13.4. The van der Waals surface area contributed by atoms with Crippen LogP contribution in [-0.4, -0.2) is 33.3 Å². The maximum Gasteiger partial charge on any atom is 0.251 e. The van der Waals surface area contributed by atoms with E-state index >= 15 is 0 Å². The van der Waals surface area contributed by atoms with Crippen molar-refractivity contribution in [3.8, 4) is 17.2 Å². The number of methoxy groups -OCH3 is 2. The highest BCUT2D eigenvalue weighted by atomic mass is 19.1. The number of ether oxygens (including phenoxy) is 3. The van der Waals surface area contributed by atoms with Crippen LogP contribution in [0.25, 0.3) is 0 Å². The van der Waals surface area contributed by atoms with Crippen molar-refractivity contribution in [2.24, 2.45) is 0 Å². The Labute approximate surface area is 138 Å². The Bertz CT molecular complexity index is 722. The summed E-state index contributed by atoms with van der Waals surface area (Å²) in [5, 5.41) is 2.63. The van der Waals surface area contributed by atoms with Crippen molar-refractivity contribution >= 4 is 5.91 Å². The molecule has 0 radical (unpaired) electrons. The van der Waals surface area contributed by atoms with Gasteiger partial charge < -0.3 is 19.5 Å². The van der Waals surface area contributed by atoms with Crippen molar-refractivity contribution in [2.75, 3.05) is 27.4 Å². The van der Waals surface area contributed by atoms with Gasteiger partial charge in [-0.2, -0.15) is 0 Å². The summed E-state index contributed by atoms with van der Waals surface area (Å²) in [6.45, 7) is 0.200. The summed E-state index contributed by atoms with van der Waals surface area (Å²) in [5.74, 6) is -0.919. The van der Waals surface area contributed by atoms with Crippen LogP contribution in [0.5, 0.6) is 17.2 Å². The molecule has 0 spiro atoms. The summed E-state index contributed by atoms with van der Waals surface area (Å²) in [4.78, 5) is 12.0. The molecule has 0 atom stereocenters. The number of carbonyl (C=O) groups excluding carboxylic acids is 1. The smallest absolute Gasteiger partial charge is 0.251 e. The van der Waals surface area contributed by atoms with Crippen molar-refractivity contribution in [2.45, 2.75) is 0 Å². The second kappa shape index (κ2) is 8.14. The van der Waals surface area contributed by atoms with Gasteiger partial charge in [0, 0.05) is 11.6 Å². The Balaban J connectivity index is 1.87. The van der Waals surface area contributed by atoms with Gasteiger partial charge in [-0.1, -0.05) is 0 Å². The molecule has 0 unspecified atom stereocenters. The topological polar surface area (TPSA) is 56.8 Å². The van der Waals surface area contributed by atoms with Gasteiger partial charge in [-0.25, -0.2) is 8.78 Å². The predicted molar refractivity (Wildman–Crippen MR) is 83.7 cm³/mol. The number of nitrogens with one attached hydrogen (secondary N) is 1. The van der Waals surface area contributed by atoms with Gasteiger partial charge in [0.2, 0.25) is 0 Å². The molecule has 7 heteroatoms. The van der Waals surface area contributed by atoms with Gasteiger partial charge in [0.1, 0.15) is 12.4 Å². The molecule has 2 aromatic rings. The second-order valence-corrected chi connectivity index (χ2v) is 4.75. The third kappa shape index (κ3) is 4.34. The lowest BCUT2D eigenvalue weighted by atomic mass is 10.2. The number of rotatable bonds is 7. The fourth-order valence-electron chi connectivity index (χ4n) is 2.00. The average molecular weight is 337 g/mol. The molecule has 0 aliphatic heterocycles. The summed E-state index contributed by atoms with van der Waals surface area (Å²) in [6, 6.07) is 7.79. The normalized spacial score (nSPS) is 10.2. The average Bonchev–Trinajstić information content (AvgIpc) is 2.59. The van der Waals surface area contributed by atoms with Crippen molar-refractivity contribution in [1.29, 1.82) is 0 Å². The summed E-state index contributed by atoms with van der Waals surface area (Å²) in [5.41, 5.74) is 0.389. The largest absolute Gasteiger partial charge is 0.493 e. The minimum absolute atomic E-state index is 0.0432. The van der Waals surface area contributed by atoms with Crippen molar-refractivity contribution in [3.63, 3.8) is 0 Å². The van der Waals surface area contributed by atoms with E-state index in [0.29, 0.717) is 17.1 Å². The van der Waals surface area contributed by atoms with Gasteiger partial charge >= 0.3 is 0 Å². The first-order valence-corrected chi connectivity index (χ1v) is 7.13. The van der Waals surface area contributed by atoms with E-state index in [9.17, 15) is 13.6 Å². The molecule has 0 bridgehead atoms. The molecule has 0 saturated carbocycles. The van der Waals surface area contributed by atoms with Gasteiger partial charge in [-0.3, -0.25) is 4.79 Å². The summed E-state index contributed by atoms with van der Waals surface area (Å²) in [6.07, 6.45) is 0. The van der Waals surface area contributed by atoms with Crippen LogP contribution in [0.3, 0.4) is 0 Å². The van der Waals surface area contributed by atoms with Crippen LogP contribution < -0.4 is 19.5 Å². The van der Waals surface area contributed by atoms with Gasteiger partial charge in [0.25, 0.3) is 5.91 Å². The van der Waals surface area contributed by atoms with Crippen LogP contribution in [-0.2, 0) is 0 Å². The fraction of sp³-hybridized carbons (Fsp3) is 0.235. The molecule has 2 rings (SSSR count). The lowest BCUT2D eigenvalue weighted by Gasteiger charge is -2.11. The van der Waals surface area contributed by atoms with Crippen LogP contribution in [0.1, 0.15) is 10.4 Å². The van der Waals surface area contributed by atoms with Gasteiger partial charge in [-0.05, 0) is 30.3 Å². The molecule has 0 aromatic heterocycles. The minimum atomic E-state index is -0.791. The van der Waals surface area contributed by atoms with Gasteiger partial charge in [-0.15, -0.1) is 0 Å². The molecule has 0 heterocycles. The van der Waals surface area contributed by atoms with E-state index in [2.05, 4.69) is 5.32 Å². The first-order chi connectivity index (χ1) is 11.5. The minimum Gasteiger partial charge on any atom is -0.493 e. The van der Waals surface area contributed by atoms with Crippen molar-refractivity contribution in [3.05, 3.63) is 53.6 Å². The number of carbonyl (C=O) groups is 1. The molecular weight excluding hydrogens is 320 g/mol. The van der Waals surface area contributed by atoms with E-state index in [-0.39, 0.29) is 24.8 Å². The maximum absolute atomic E-state index is 13.4. The highest BCUT2D eigenvalue weighted by molar-refractivity contribution is 5.94. The Kier molecular flexibility index (Phi) is 5.95. The molecule has 2 aromatic carbocycles. The van der Waals surface area contributed by atoms with E-state index in [1.807, 2.05) is 0 Å². The number of hydrogen-bond acceptors (Lipinski definition) is 4. The van der Waals surface area contributed by atoms with Crippen LogP contribution in [0.2, 0.25) is 0 Å². The summed E-state index contributed by atoms with van der Waals surface area (Å²) < 4.78 is 41.5. The Morgan fingerprint density at radius 3 is 2.38 bits per heavy atom. The highest BCUT2D eigenvalue weighted by Gasteiger charge is 2.10. The monoisotopic (exact) mass is 337 g/mol. The zero-order valence-electron chi connectivity index (χ0n) is 13.3. The van der Waals surface area contributed by atoms with Crippen molar-refractivity contribution < 1.29 is 27.8 Å². The first-order valence-electron chi connectivity index (χ1n) is 7.13. The van der Waals surface area contributed by atoms with E-state index < -0.39 is 11.6 Å². The molecule has 128 valence electrons. The number of amides is 1. The SMILES string of the molecule is COc1ccc(C(=O)NCCOc2ccc(F)cc2F)cc1OC.